The van der Waals surface area contributed by atoms with E-state index in [1.165, 1.54) is 25.6 Å². The number of anilines is 1. The summed E-state index contributed by atoms with van der Waals surface area (Å²) < 4.78 is 0. The van der Waals surface area contributed by atoms with Crippen molar-refractivity contribution in [3.05, 3.63) is 17.0 Å². The lowest BCUT2D eigenvalue weighted by molar-refractivity contribution is 0.282. The van der Waals surface area contributed by atoms with Gasteiger partial charge in [0.25, 0.3) is 0 Å². The number of hydrogen-bond donors (Lipinski definition) is 1. The van der Waals surface area contributed by atoms with Crippen molar-refractivity contribution in [2.24, 2.45) is 0 Å². The Balaban J connectivity index is 2.25. The van der Waals surface area contributed by atoms with Crippen LogP contribution in [-0.2, 0) is 6.42 Å². The highest BCUT2D eigenvalue weighted by molar-refractivity contribution is 6.30. The van der Waals surface area contributed by atoms with Gasteiger partial charge in [-0.3, -0.25) is 0 Å². The summed E-state index contributed by atoms with van der Waals surface area (Å²) in [4.78, 5) is 10.8. The summed E-state index contributed by atoms with van der Waals surface area (Å²) in [5.74, 6) is 0.954. The second kappa shape index (κ2) is 6.34. The number of aliphatic hydroxyl groups is 1. The number of aromatic nitrogens is 2. The summed E-state index contributed by atoms with van der Waals surface area (Å²) in [5, 5.41) is 9.58. The first-order valence-electron chi connectivity index (χ1n) is 6.64. The molecular formula is C13H20ClN3O. The first-order chi connectivity index (χ1) is 8.77. The minimum Gasteiger partial charge on any atom is -0.396 e. The molecule has 1 heterocycles. The van der Waals surface area contributed by atoms with Gasteiger partial charge in [0.15, 0.2) is 0 Å². The molecule has 18 heavy (non-hydrogen) atoms. The van der Waals surface area contributed by atoms with Gasteiger partial charge in [-0.15, -0.1) is 0 Å². The van der Waals surface area contributed by atoms with Crippen LogP contribution in [0.25, 0.3) is 0 Å². The van der Waals surface area contributed by atoms with E-state index in [4.69, 9.17) is 16.7 Å². The molecule has 0 atom stereocenters. The van der Waals surface area contributed by atoms with Gasteiger partial charge in [0, 0.05) is 24.8 Å². The fraction of sp³-hybridized carbons (Fsp3) is 0.692. The molecule has 0 amide bonds. The number of aliphatic hydroxyl groups excluding tert-OH is 1. The molecule has 1 aliphatic rings. The molecular weight excluding hydrogens is 250 g/mol. The molecule has 100 valence electrons. The van der Waals surface area contributed by atoms with Crippen molar-refractivity contribution in [1.29, 1.82) is 0 Å². The van der Waals surface area contributed by atoms with Crippen LogP contribution in [0.1, 0.15) is 38.2 Å². The smallest absolute Gasteiger partial charge is 0.137 e. The minimum atomic E-state index is 0.212. The Labute approximate surface area is 113 Å². The molecule has 1 fully saturated rings. The topological polar surface area (TPSA) is 49.2 Å². The normalized spacial score (nSPS) is 15.5. The fourth-order valence-corrected chi connectivity index (χ4v) is 2.60. The van der Waals surface area contributed by atoms with E-state index in [0.29, 0.717) is 11.2 Å². The predicted molar refractivity (Wildman–Crippen MR) is 73.1 cm³/mol. The molecule has 1 N–H and O–H groups in total. The van der Waals surface area contributed by atoms with Gasteiger partial charge in [0.1, 0.15) is 17.3 Å². The number of nitrogens with zero attached hydrogens (tertiary/aromatic N) is 3. The summed E-state index contributed by atoms with van der Waals surface area (Å²) in [6.45, 7) is 3.12. The fourth-order valence-electron chi connectivity index (χ4n) is 2.33. The van der Waals surface area contributed by atoms with Crippen molar-refractivity contribution in [3.8, 4) is 0 Å². The van der Waals surface area contributed by atoms with Crippen molar-refractivity contribution >= 4 is 17.4 Å². The Bertz CT molecular complexity index is 396. The number of halogens is 1. The molecule has 0 radical (unpaired) electrons. The van der Waals surface area contributed by atoms with Crippen molar-refractivity contribution in [3.63, 3.8) is 0 Å². The van der Waals surface area contributed by atoms with Crippen LogP contribution < -0.4 is 4.90 Å². The van der Waals surface area contributed by atoms with E-state index >= 15 is 0 Å². The summed E-state index contributed by atoms with van der Waals surface area (Å²) in [5.41, 5.74) is 1.02. The maximum Gasteiger partial charge on any atom is 0.137 e. The maximum absolute atomic E-state index is 9.03. The zero-order chi connectivity index (χ0) is 13.0. The highest BCUT2D eigenvalue weighted by Crippen LogP contribution is 2.32. The van der Waals surface area contributed by atoms with Gasteiger partial charge in [-0.2, -0.15) is 0 Å². The molecule has 0 bridgehead atoms. The van der Waals surface area contributed by atoms with Crippen LogP contribution in [0.3, 0.4) is 0 Å². The summed E-state index contributed by atoms with van der Waals surface area (Å²) in [6.07, 6.45) is 6.81. The Morgan fingerprint density at radius 3 is 2.78 bits per heavy atom. The van der Waals surface area contributed by atoms with Crippen LogP contribution in [0.15, 0.2) is 6.33 Å². The summed E-state index contributed by atoms with van der Waals surface area (Å²) in [6, 6.07) is 0.549. The van der Waals surface area contributed by atoms with Crippen molar-refractivity contribution in [1.82, 2.24) is 9.97 Å². The highest BCUT2D eigenvalue weighted by atomic mass is 35.5. The Kier molecular flexibility index (Phi) is 4.78. The molecule has 0 aromatic carbocycles. The number of hydrogen-bond acceptors (Lipinski definition) is 4. The molecule has 1 saturated carbocycles. The predicted octanol–water partition coefficient (Wildman–Crippen LogP) is 2.43. The Morgan fingerprint density at radius 1 is 1.44 bits per heavy atom. The molecule has 0 unspecified atom stereocenters. The standard InChI is InChI=1S/C13H20ClN3O/c1-2-11-12(14)15-9-16-13(11)17(7-4-8-18)10-5-3-6-10/h9-10,18H,2-8H2,1H3. The second-order valence-corrected chi connectivity index (χ2v) is 5.03. The number of rotatable bonds is 6. The largest absolute Gasteiger partial charge is 0.396 e. The van der Waals surface area contributed by atoms with Crippen LogP contribution in [0, 0.1) is 0 Å². The summed E-state index contributed by atoms with van der Waals surface area (Å²) in [7, 11) is 0. The van der Waals surface area contributed by atoms with E-state index in [1.807, 2.05) is 0 Å². The molecule has 0 aliphatic heterocycles. The molecule has 2 rings (SSSR count). The van der Waals surface area contributed by atoms with Gasteiger partial charge in [0.05, 0.1) is 0 Å². The molecule has 4 nitrogen and oxygen atoms in total. The molecule has 5 heteroatoms. The molecule has 1 aromatic rings. The average Bonchev–Trinajstić information content (AvgIpc) is 2.31. The van der Waals surface area contributed by atoms with Crippen molar-refractivity contribution in [2.45, 2.75) is 45.1 Å². The third kappa shape index (κ3) is 2.75. The van der Waals surface area contributed by atoms with Gasteiger partial charge in [-0.1, -0.05) is 18.5 Å². The van der Waals surface area contributed by atoms with Gasteiger partial charge >= 0.3 is 0 Å². The minimum absolute atomic E-state index is 0.212. The van der Waals surface area contributed by atoms with Gasteiger partial charge in [-0.25, -0.2) is 9.97 Å². The zero-order valence-corrected chi connectivity index (χ0v) is 11.5. The van der Waals surface area contributed by atoms with E-state index in [1.54, 1.807) is 0 Å². The molecule has 0 saturated heterocycles. The van der Waals surface area contributed by atoms with E-state index in [9.17, 15) is 0 Å². The highest BCUT2D eigenvalue weighted by Gasteiger charge is 2.27. The van der Waals surface area contributed by atoms with Crippen LogP contribution in [0.4, 0.5) is 5.82 Å². The third-order valence-electron chi connectivity index (χ3n) is 3.57. The van der Waals surface area contributed by atoms with Gasteiger partial charge in [0.2, 0.25) is 0 Å². The monoisotopic (exact) mass is 269 g/mol. The van der Waals surface area contributed by atoms with E-state index in [-0.39, 0.29) is 6.61 Å². The first kappa shape index (κ1) is 13.6. The van der Waals surface area contributed by atoms with Gasteiger partial charge < -0.3 is 10.0 Å². The van der Waals surface area contributed by atoms with E-state index < -0.39 is 0 Å². The second-order valence-electron chi connectivity index (χ2n) is 4.68. The third-order valence-corrected chi connectivity index (χ3v) is 3.89. The SMILES string of the molecule is CCc1c(Cl)ncnc1N(CCCO)C1CCC1. The van der Waals surface area contributed by atoms with E-state index in [2.05, 4.69) is 21.8 Å². The Morgan fingerprint density at radius 2 is 2.22 bits per heavy atom. The zero-order valence-electron chi connectivity index (χ0n) is 10.8. The Hall–Kier alpha value is -0.870. The van der Waals surface area contributed by atoms with Crippen LogP contribution in [0.2, 0.25) is 5.15 Å². The van der Waals surface area contributed by atoms with Gasteiger partial charge in [-0.05, 0) is 32.1 Å². The quantitative estimate of drug-likeness (QED) is 0.806. The summed E-state index contributed by atoms with van der Waals surface area (Å²) >= 11 is 6.15. The van der Waals surface area contributed by atoms with Crippen LogP contribution in [0.5, 0.6) is 0 Å². The van der Waals surface area contributed by atoms with Crippen LogP contribution in [-0.4, -0.2) is 34.3 Å². The lowest BCUT2D eigenvalue weighted by Crippen LogP contribution is -2.42. The van der Waals surface area contributed by atoms with Crippen LogP contribution >= 0.6 is 11.6 Å². The van der Waals surface area contributed by atoms with Crippen molar-refractivity contribution < 1.29 is 5.11 Å². The lowest BCUT2D eigenvalue weighted by atomic mass is 9.91. The molecule has 1 aliphatic carbocycles. The molecule has 0 spiro atoms. The van der Waals surface area contributed by atoms with E-state index in [0.717, 1.165) is 30.8 Å². The van der Waals surface area contributed by atoms with Crippen molar-refractivity contribution in [2.75, 3.05) is 18.1 Å². The average molecular weight is 270 g/mol. The first-order valence-corrected chi connectivity index (χ1v) is 7.02. The maximum atomic E-state index is 9.03. The lowest BCUT2D eigenvalue weighted by Gasteiger charge is -2.39. The molecule has 1 aromatic heterocycles.